The fourth-order valence-corrected chi connectivity index (χ4v) is 3.21. The highest BCUT2D eigenvalue weighted by molar-refractivity contribution is 5.96. The number of carbonyl (C=O) groups excluding carboxylic acids is 2. The van der Waals surface area contributed by atoms with Crippen molar-refractivity contribution in [2.75, 3.05) is 32.7 Å². The van der Waals surface area contributed by atoms with Crippen LogP contribution in [0.2, 0.25) is 0 Å². The fourth-order valence-electron chi connectivity index (χ4n) is 3.21. The second-order valence-corrected chi connectivity index (χ2v) is 6.51. The number of rotatable bonds is 6. The third-order valence-corrected chi connectivity index (χ3v) is 4.74. The van der Waals surface area contributed by atoms with Gasteiger partial charge in [-0.1, -0.05) is 42.5 Å². The second kappa shape index (κ2) is 8.72. The van der Waals surface area contributed by atoms with Crippen molar-refractivity contribution in [1.29, 1.82) is 0 Å². The first-order valence-corrected chi connectivity index (χ1v) is 8.99. The zero-order valence-electron chi connectivity index (χ0n) is 14.7. The Morgan fingerprint density at radius 3 is 2.23 bits per heavy atom. The lowest BCUT2D eigenvalue weighted by Gasteiger charge is -2.34. The molecule has 5 heteroatoms. The summed E-state index contributed by atoms with van der Waals surface area (Å²) >= 11 is 0. The highest BCUT2D eigenvalue weighted by atomic mass is 19.1. The molecule has 26 heavy (non-hydrogen) atoms. The summed E-state index contributed by atoms with van der Waals surface area (Å²) in [5, 5.41) is 0. The van der Waals surface area contributed by atoms with E-state index in [4.69, 9.17) is 0 Å². The predicted molar refractivity (Wildman–Crippen MR) is 98.8 cm³/mol. The summed E-state index contributed by atoms with van der Waals surface area (Å²) in [5.41, 5.74) is 0.891. The van der Waals surface area contributed by atoms with E-state index >= 15 is 0 Å². The molecule has 0 aromatic heterocycles. The van der Waals surface area contributed by atoms with E-state index in [9.17, 15) is 14.0 Å². The zero-order valence-corrected chi connectivity index (χ0v) is 14.7. The average molecular weight is 354 g/mol. The van der Waals surface area contributed by atoms with Gasteiger partial charge in [0.1, 0.15) is 5.82 Å². The van der Waals surface area contributed by atoms with Gasteiger partial charge in [0, 0.05) is 38.2 Å². The van der Waals surface area contributed by atoms with Crippen LogP contribution >= 0.6 is 0 Å². The minimum atomic E-state index is -0.473. The van der Waals surface area contributed by atoms with Gasteiger partial charge in [-0.05, 0) is 25.1 Å². The molecule has 1 aliphatic heterocycles. The van der Waals surface area contributed by atoms with Gasteiger partial charge in [0.05, 0.1) is 5.56 Å². The zero-order chi connectivity index (χ0) is 18.4. The molecule has 1 heterocycles. The molecular formula is C21H23FN2O2. The van der Waals surface area contributed by atoms with Crippen molar-refractivity contribution in [3.8, 4) is 0 Å². The molecule has 136 valence electrons. The van der Waals surface area contributed by atoms with Crippen LogP contribution in [0, 0.1) is 5.82 Å². The molecule has 1 amide bonds. The molecule has 3 rings (SSSR count). The van der Waals surface area contributed by atoms with Crippen LogP contribution in [-0.2, 0) is 0 Å². The molecule has 4 nitrogen and oxygen atoms in total. The summed E-state index contributed by atoms with van der Waals surface area (Å²) in [6.07, 6.45) is 1.33. The monoisotopic (exact) mass is 354 g/mol. The number of halogens is 1. The SMILES string of the molecule is O=C(CCCN1CCN(C(=O)c2ccccc2F)CC1)c1ccccc1. The van der Waals surface area contributed by atoms with Crippen molar-refractivity contribution in [1.82, 2.24) is 9.80 Å². The molecular weight excluding hydrogens is 331 g/mol. The summed E-state index contributed by atoms with van der Waals surface area (Å²) in [7, 11) is 0. The van der Waals surface area contributed by atoms with Crippen molar-refractivity contribution in [2.24, 2.45) is 0 Å². The maximum atomic E-state index is 13.8. The van der Waals surface area contributed by atoms with Crippen LogP contribution in [0.5, 0.6) is 0 Å². The van der Waals surface area contributed by atoms with Crippen LogP contribution in [0.3, 0.4) is 0 Å². The molecule has 0 unspecified atom stereocenters. The van der Waals surface area contributed by atoms with E-state index in [0.29, 0.717) is 19.5 Å². The van der Waals surface area contributed by atoms with Crippen molar-refractivity contribution >= 4 is 11.7 Å². The molecule has 0 atom stereocenters. The first-order chi connectivity index (χ1) is 12.6. The third kappa shape index (κ3) is 4.55. The highest BCUT2D eigenvalue weighted by Crippen LogP contribution is 2.13. The molecule has 1 fully saturated rings. The van der Waals surface area contributed by atoms with E-state index in [1.54, 1.807) is 17.0 Å². The molecule has 1 aliphatic rings. The molecule has 0 aliphatic carbocycles. The summed E-state index contributed by atoms with van der Waals surface area (Å²) in [6, 6.07) is 15.4. The van der Waals surface area contributed by atoms with E-state index in [1.807, 2.05) is 30.3 Å². The number of amides is 1. The van der Waals surface area contributed by atoms with Crippen molar-refractivity contribution < 1.29 is 14.0 Å². The third-order valence-electron chi connectivity index (χ3n) is 4.74. The number of hydrogen-bond acceptors (Lipinski definition) is 3. The number of piperazine rings is 1. The number of benzene rings is 2. The molecule has 1 saturated heterocycles. The Morgan fingerprint density at radius 2 is 1.54 bits per heavy atom. The molecule has 0 N–H and O–H groups in total. The molecule has 2 aromatic rings. The predicted octanol–water partition coefficient (Wildman–Crippen LogP) is 3.25. The van der Waals surface area contributed by atoms with Gasteiger partial charge >= 0.3 is 0 Å². The maximum absolute atomic E-state index is 13.8. The Morgan fingerprint density at radius 1 is 0.885 bits per heavy atom. The van der Waals surface area contributed by atoms with Gasteiger partial charge in [-0.2, -0.15) is 0 Å². The lowest BCUT2D eigenvalue weighted by atomic mass is 10.1. The van der Waals surface area contributed by atoms with Gasteiger partial charge in [-0.3, -0.25) is 14.5 Å². The summed E-state index contributed by atoms with van der Waals surface area (Å²) in [5.74, 6) is -0.555. The van der Waals surface area contributed by atoms with E-state index in [0.717, 1.165) is 31.6 Å². The van der Waals surface area contributed by atoms with E-state index in [1.165, 1.54) is 12.1 Å². The van der Waals surface area contributed by atoms with Crippen molar-refractivity contribution in [3.63, 3.8) is 0 Å². The normalized spacial score (nSPS) is 15.0. The standard InChI is InChI=1S/C21H23FN2O2/c22-19-10-5-4-9-18(19)21(26)24-15-13-23(14-16-24)12-6-11-20(25)17-7-2-1-3-8-17/h1-5,7-10H,6,11-16H2. The number of carbonyl (C=O) groups is 2. The molecule has 0 spiro atoms. The van der Waals surface area contributed by atoms with Crippen LogP contribution in [0.15, 0.2) is 54.6 Å². The fraction of sp³-hybridized carbons (Fsp3) is 0.333. The summed E-state index contributed by atoms with van der Waals surface area (Å²) in [6.45, 7) is 3.50. The van der Waals surface area contributed by atoms with Crippen LogP contribution in [0.4, 0.5) is 4.39 Å². The Hall–Kier alpha value is -2.53. The van der Waals surface area contributed by atoms with Gasteiger partial charge in [0.2, 0.25) is 0 Å². The Balaban J connectivity index is 1.42. The summed E-state index contributed by atoms with van der Waals surface area (Å²) in [4.78, 5) is 28.5. The van der Waals surface area contributed by atoms with E-state index in [2.05, 4.69) is 4.90 Å². The largest absolute Gasteiger partial charge is 0.336 e. The number of ketones is 1. The van der Waals surface area contributed by atoms with E-state index in [-0.39, 0.29) is 17.3 Å². The lowest BCUT2D eigenvalue weighted by Crippen LogP contribution is -2.49. The molecule has 0 bridgehead atoms. The smallest absolute Gasteiger partial charge is 0.256 e. The van der Waals surface area contributed by atoms with Crippen LogP contribution in [0.1, 0.15) is 33.6 Å². The van der Waals surface area contributed by atoms with Gasteiger partial charge in [-0.25, -0.2) is 4.39 Å². The number of Topliss-reactive ketones (excluding diaryl/α,β-unsaturated/α-hetero) is 1. The molecule has 0 saturated carbocycles. The van der Waals surface area contributed by atoms with Gasteiger partial charge < -0.3 is 4.90 Å². The quantitative estimate of drug-likeness (QED) is 0.748. The summed E-state index contributed by atoms with van der Waals surface area (Å²) < 4.78 is 13.8. The van der Waals surface area contributed by atoms with Gasteiger partial charge in [-0.15, -0.1) is 0 Å². The Labute approximate surface area is 153 Å². The first-order valence-electron chi connectivity index (χ1n) is 8.99. The van der Waals surface area contributed by atoms with Gasteiger partial charge in [0.15, 0.2) is 5.78 Å². The van der Waals surface area contributed by atoms with Crippen molar-refractivity contribution in [2.45, 2.75) is 12.8 Å². The first kappa shape index (κ1) is 18.3. The van der Waals surface area contributed by atoms with Crippen LogP contribution in [0.25, 0.3) is 0 Å². The number of nitrogens with zero attached hydrogens (tertiary/aromatic N) is 2. The molecule has 0 radical (unpaired) electrons. The van der Waals surface area contributed by atoms with E-state index < -0.39 is 5.82 Å². The minimum Gasteiger partial charge on any atom is -0.336 e. The Kier molecular flexibility index (Phi) is 6.12. The lowest BCUT2D eigenvalue weighted by molar-refractivity contribution is 0.0630. The second-order valence-electron chi connectivity index (χ2n) is 6.51. The van der Waals surface area contributed by atoms with Crippen LogP contribution in [-0.4, -0.2) is 54.2 Å². The van der Waals surface area contributed by atoms with Gasteiger partial charge in [0.25, 0.3) is 5.91 Å². The number of hydrogen-bond donors (Lipinski definition) is 0. The topological polar surface area (TPSA) is 40.6 Å². The minimum absolute atomic E-state index is 0.134. The maximum Gasteiger partial charge on any atom is 0.256 e. The molecule has 2 aromatic carbocycles. The average Bonchev–Trinajstić information content (AvgIpc) is 2.69. The Bertz CT molecular complexity index is 756. The van der Waals surface area contributed by atoms with Crippen LogP contribution < -0.4 is 0 Å². The highest BCUT2D eigenvalue weighted by Gasteiger charge is 2.23. The van der Waals surface area contributed by atoms with Crippen molar-refractivity contribution in [3.05, 3.63) is 71.5 Å².